The molecule has 6 heteroatoms. The number of nitro groups is 1. The maximum absolute atomic E-state index is 10.4. The van der Waals surface area contributed by atoms with Crippen LogP contribution in [0.5, 0.6) is 0 Å². The van der Waals surface area contributed by atoms with Gasteiger partial charge in [0.15, 0.2) is 0 Å². The van der Waals surface area contributed by atoms with Gasteiger partial charge in [-0.05, 0) is 10.9 Å². The van der Waals surface area contributed by atoms with Gasteiger partial charge in [-0.2, -0.15) is 0 Å². The minimum atomic E-state index is -0.674. The summed E-state index contributed by atoms with van der Waals surface area (Å²) in [6, 6.07) is 6.77. The van der Waals surface area contributed by atoms with Crippen LogP contribution in [0.3, 0.4) is 0 Å². The van der Waals surface area contributed by atoms with E-state index in [1.165, 1.54) is 5.19 Å². The monoisotopic (exact) mass is 221 g/mol. The molecule has 0 aliphatic rings. The van der Waals surface area contributed by atoms with Crippen LogP contribution in [0.25, 0.3) is 5.19 Å². The predicted molar refractivity (Wildman–Crippen MR) is 55.4 cm³/mol. The molecule has 0 unspecified atom stereocenters. The van der Waals surface area contributed by atoms with E-state index in [-0.39, 0.29) is 19.5 Å². The molecular formula is C8H7NO3Si2. The minimum absolute atomic E-state index is 0.0188. The molecule has 4 nitrogen and oxygen atoms in total. The average molecular weight is 221 g/mol. The highest BCUT2D eigenvalue weighted by atomic mass is 29.0. The molecule has 70 valence electrons. The first kappa shape index (κ1) is 9.16. The van der Waals surface area contributed by atoms with Crippen molar-refractivity contribution in [2.24, 2.45) is 0 Å². The molecule has 1 heterocycles. The Morgan fingerprint density at radius 1 is 1.36 bits per heavy atom. The molecule has 0 aliphatic heterocycles. The van der Waals surface area contributed by atoms with Crippen molar-refractivity contribution in [3.8, 4) is 5.19 Å². The van der Waals surface area contributed by atoms with E-state index < -0.39 is 7.90 Å². The van der Waals surface area contributed by atoms with Crippen LogP contribution in [-0.4, -0.2) is 21.7 Å². The summed E-state index contributed by atoms with van der Waals surface area (Å²) in [5.41, 5.74) is 2.23. The molecule has 14 heavy (non-hydrogen) atoms. The van der Waals surface area contributed by atoms with Gasteiger partial charge in [-0.25, -0.2) is 0 Å². The van der Waals surface area contributed by atoms with E-state index in [9.17, 15) is 10.1 Å². The van der Waals surface area contributed by atoms with Gasteiger partial charge in [0.05, 0.1) is 19.1 Å². The largest absolute Gasteiger partial charge is 0.531 e. The maximum Gasteiger partial charge on any atom is 0.269 e. The number of benzene rings is 1. The van der Waals surface area contributed by atoms with Gasteiger partial charge in [-0.3, -0.25) is 10.1 Å². The van der Waals surface area contributed by atoms with Gasteiger partial charge in [-0.15, -0.1) is 0 Å². The lowest BCUT2D eigenvalue weighted by atomic mass is 10.3. The molecule has 0 saturated carbocycles. The van der Waals surface area contributed by atoms with Crippen LogP contribution in [0.1, 0.15) is 0 Å². The topological polar surface area (TPSA) is 56.3 Å². The van der Waals surface area contributed by atoms with E-state index in [0.717, 1.165) is 0 Å². The van der Waals surface area contributed by atoms with Gasteiger partial charge < -0.3 is 4.10 Å². The Morgan fingerprint density at radius 2 is 2.07 bits per heavy atom. The quantitative estimate of drug-likeness (QED) is 0.436. The molecule has 2 aromatic rings. The van der Waals surface area contributed by atoms with E-state index in [1.54, 1.807) is 18.4 Å². The number of non-ortho nitro benzene ring substituents is 1. The highest BCUT2D eigenvalue weighted by molar-refractivity contribution is 6.95. The van der Waals surface area contributed by atoms with Crippen molar-refractivity contribution in [1.29, 1.82) is 0 Å². The van der Waals surface area contributed by atoms with Crippen molar-refractivity contribution in [2.45, 2.75) is 0 Å². The second-order valence-electron chi connectivity index (χ2n) is 2.82. The molecule has 2 rings (SSSR count). The van der Waals surface area contributed by atoms with Crippen LogP contribution in [0.15, 0.2) is 40.3 Å². The molecule has 0 bridgehead atoms. The number of hydrogen-bond donors (Lipinski definition) is 0. The van der Waals surface area contributed by atoms with Gasteiger partial charge in [0.2, 0.25) is 8.88 Å². The lowest BCUT2D eigenvalue weighted by Crippen LogP contribution is -1.96. The summed E-state index contributed by atoms with van der Waals surface area (Å²) in [5.74, 6) is 0. The zero-order chi connectivity index (χ0) is 9.97. The zero-order valence-electron chi connectivity index (χ0n) is 7.21. The summed E-state index contributed by atoms with van der Waals surface area (Å²) in [6.07, 6.45) is 1.74. The molecule has 0 atom stereocenters. The van der Waals surface area contributed by atoms with E-state index in [1.807, 2.05) is 12.1 Å². The van der Waals surface area contributed by atoms with Crippen LogP contribution >= 0.6 is 0 Å². The first-order chi connectivity index (χ1) is 6.77. The Hall–Kier alpha value is -1.41. The third-order valence-electron chi connectivity index (χ3n) is 1.93. The highest BCUT2D eigenvalue weighted by Crippen LogP contribution is 2.13. The molecule has 0 radical (unpaired) electrons. The first-order valence-electron chi connectivity index (χ1n) is 4.04. The Morgan fingerprint density at radius 3 is 2.57 bits per heavy atom. The van der Waals surface area contributed by atoms with Gasteiger partial charge >= 0.3 is 0 Å². The van der Waals surface area contributed by atoms with Crippen molar-refractivity contribution < 1.29 is 9.02 Å². The van der Waals surface area contributed by atoms with Crippen LogP contribution in [0.2, 0.25) is 0 Å². The molecule has 0 fully saturated rings. The second-order valence-corrected chi connectivity index (χ2v) is 7.72. The summed E-state index contributed by atoms with van der Waals surface area (Å²) >= 11 is 0. The van der Waals surface area contributed by atoms with Gasteiger partial charge in [0.25, 0.3) is 5.69 Å². The molecular weight excluding hydrogens is 214 g/mol. The Bertz CT molecular complexity index is 438. The molecule has 0 N–H and O–H groups in total. The summed E-state index contributed by atoms with van der Waals surface area (Å²) in [5, 5.41) is 11.6. The Balaban J connectivity index is 2.36. The van der Waals surface area contributed by atoms with Crippen molar-refractivity contribution in [3.63, 3.8) is 0 Å². The van der Waals surface area contributed by atoms with Crippen LogP contribution in [0.4, 0.5) is 5.69 Å². The zero-order valence-corrected chi connectivity index (χ0v) is 9.37. The third-order valence-corrected chi connectivity index (χ3v) is 6.72. The number of nitro benzene ring substituents is 1. The minimum Gasteiger partial charge on any atom is -0.531 e. The first-order valence-corrected chi connectivity index (χ1v) is 7.90. The fraction of sp³-hybridized carbons (Fsp3) is 0. The van der Waals surface area contributed by atoms with E-state index in [0.29, 0.717) is 0 Å². The number of hydrogen-bond acceptors (Lipinski definition) is 3. The van der Waals surface area contributed by atoms with E-state index >= 15 is 0 Å². The van der Waals surface area contributed by atoms with Crippen LogP contribution in [-0.2, 0) is 0 Å². The summed E-state index contributed by atoms with van der Waals surface area (Å²) in [4.78, 5) is 10.0. The molecule has 1 aromatic heterocycles. The fourth-order valence-corrected chi connectivity index (χ4v) is 4.98. The third kappa shape index (κ3) is 1.75. The average Bonchev–Trinajstić information content (AvgIpc) is 2.71. The summed E-state index contributed by atoms with van der Waals surface area (Å²) < 4.78 is 5.20. The summed E-state index contributed by atoms with van der Waals surface area (Å²) in [6.45, 7) is 0. The van der Waals surface area contributed by atoms with Crippen molar-refractivity contribution in [3.05, 3.63) is 46.3 Å². The van der Waals surface area contributed by atoms with Gasteiger partial charge in [0, 0.05) is 12.1 Å². The Kier molecular flexibility index (Phi) is 2.46. The SMILES string of the molecule is O=[N+]([O-])c1ccc(-[si]2cco[siH]2)cc1. The second kappa shape index (κ2) is 3.76. The lowest BCUT2D eigenvalue weighted by Gasteiger charge is -1.94. The molecule has 0 aliphatic carbocycles. The smallest absolute Gasteiger partial charge is 0.269 e. The summed E-state index contributed by atoms with van der Waals surface area (Å²) in [7, 11) is -0.655. The fourth-order valence-electron chi connectivity index (χ4n) is 1.20. The van der Waals surface area contributed by atoms with Crippen LogP contribution in [0, 0.1) is 10.1 Å². The lowest BCUT2D eigenvalue weighted by molar-refractivity contribution is -0.384. The van der Waals surface area contributed by atoms with Crippen molar-refractivity contribution in [2.75, 3.05) is 0 Å². The van der Waals surface area contributed by atoms with Crippen molar-refractivity contribution in [1.82, 2.24) is 0 Å². The molecule has 0 amide bonds. The number of nitrogens with zero attached hydrogens (tertiary/aromatic N) is 1. The Labute approximate surface area is 83.5 Å². The van der Waals surface area contributed by atoms with E-state index in [2.05, 4.69) is 5.68 Å². The maximum atomic E-state index is 10.4. The van der Waals surface area contributed by atoms with Gasteiger partial charge in [-0.1, -0.05) is 12.1 Å². The van der Waals surface area contributed by atoms with E-state index in [4.69, 9.17) is 4.10 Å². The molecule has 1 aromatic carbocycles. The standard InChI is InChI=1S/C8H7NO3Si2/c10-9(11)7-1-3-8(4-2-7)14-6-5-12-13-14/h1-6,13H. The number of rotatable bonds is 2. The van der Waals surface area contributed by atoms with Gasteiger partial charge in [0.1, 0.15) is 0 Å². The normalized spacial score (nSPS) is 10.0. The highest BCUT2D eigenvalue weighted by Gasteiger charge is 2.05. The van der Waals surface area contributed by atoms with Crippen molar-refractivity contribution >= 4 is 22.5 Å². The van der Waals surface area contributed by atoms with Crippen LogP contribution < -0.4 is 0 Å². The molecule has 0 saturated heterocycles. The predicted octanol–water partition coefficient (Wildman–Crippen LogP) is 1.27. The molecule has 0 spiro atoms.